The number of carboxylic acids is 1. The lowest BCUT2D eigenvalue weighted by Gasteiger charge is -2.43. The van der Waals surface area contributed by atoms with Gasteiger partial charge in [-0.1, -0.05) is 39.0 Å². The van der Waals surface area contributed by atoms with E-state index in [0.717, 1.165) is 18.5 Å². The average Bonchev–Trinajstić information content (AvgIpc) is 3.01. The van der Waals surface area contributed by atoms with Gasteiger partial charge in [0.15, 0.2) is 5.78 Å². The number of rotatable bonds is 4. The summed E-state index contributed by atoms with van der Waals surface area (Å²) in [5.74, 6) is -1.70. The third kappa shape index (κ3) is 2.65. The number of fused-ring (bicyclic) bond motifs is 2. The fourth-order valence-corrected chi connectivity index (χ4v) is 6.53. The van der Waals surface area contributed by atoms with Crippen molar-refractivity contribution in [3.63, 3.8) is 0 Å². The molecule has 3 atom stereocenters. The molecule has 3 aliphatic rings. The first-order valence-electron chi connectivity index (χ1n) is 10.9. The normalized spacial score (nSPS) is 32.5. The van der Waals surface area contributed by atoms with Crippen molar-refractivity contribution in [1.29, 1.82) is 0 Å². The van der Waals surface area contributed by atoms with E-state index in [1.165, 1.54) is 5.56 Å². The Balaban J connectivity index is 1.60. The number of para-hydroxylation sites is 1. The molecule has 2 unspecified atom stereocenters. The molecular weight excluding hydrogens is 380 g/mol. The second-order valence-corrected chi connectivity index (χ2v) is 10.1. The van der Waals surface area contributed by atoms with E-state index >= 15 is 0 Å². The van der Waals surface area contributed by atoms with Crippen LogP contribution in [-0.4, -0.2) is 53.8 Å². The number of anilines is 1. The van der Waals surface area contributed by atoms with E-state index in [-0.39, 0.29) is 23.0 Å². The van der Waals surface area contributed by atoms with E-state index in [9.17, 15) is 19.5 Å². The molecule has 0 aromatic heterocycles. The Morgan fingerprint density at radius 3 is 2.27 bits per heavy atom. The fraction of sp³-hybridized carbons (Fsp3) is 0.625. The summed E-state index contributed by atoms with van der Waals surface area (Å²) in [6.45, 7) is 10.5. The van der Waals surface area contributed by atoms with Crippen molar-refractivity contribution in [1.82, 2.24) is 4.90 Å². The summed E-state index contributed by atoms with van der Waals surface area (Å²) < 4.78 is 0. The number of piperazine rings is 1. The lowest BCUT2D eigenvalue weighted by molar-refractivity contribution is -0.161. The molecule has 30 heavy (non-hydrogen) atoms. The minimum absolute atomic E-state index is 0.148. The standard InChI is InChI=1S/C24H32N2O4/c1-16-7-5-6-8-17(16)25-11-13-26(14-12-25)21(30)24(15-19(27)28)18-9-10-23(4,20(24)29)22(18,2)3/h5-8,18H,9-15H2,1-4H3,(H,27,28)/t18?,23-,24?/m0/s1. The van der Waals surface area contributed by atoms with Gasteiger partial charge in [0.05, 0.1) is 6.42 Å². The molecule has 1 saturated heterocycles. The number of amides is 1. The molecule has 2 saturated carbocycles. The smallest absolute Gasteiger partial charge is 0.304 e. The topological polar surface area (TPSA) is 77.9 Å². The second-order valence-electron chi connectivity index (χ2n) is 10.1. The van der Waals surface area contributed by atoms with Crippen LogP contribution in [0.15, 0.2) is 24.3 Å². The highest BCUT2D eigenvalue weighted by Gasteiger charge is 2.76. The zero-order valence-electron chi connectivity index (χ0n) is 18.4. The number of benzene rings is 1. The second kappa shape index (κ2) is 6.82. The summed E-state index contributed by atoms with van der Waals surface area (Å²) >= 11 is 0. The van der Waals surface area contributed by atoms with Gasteiger partial charge in [0.25, 0.3) is 0 Å². The summed E-state index contributed by atoms with van der Waals surface area (Å²) in [4.78, 5) is 43.3. The highest BCUT2D eigenvalue weighted by atomic mass is 16.4. The summed E-state index contributed by atoms with van der Waals surface area (Å²) in [6.07, 6.45) is 1.07. The average molecular weight is 413 g/mol. The van der Waals surface area contributed by atoms with Crippen molar-refractivity contribution in [2.75, 3.05) is 31.1 Å². The van der Waals surface area contributed by atoms with Gasteiger partial charge >= 0.3 is 5.97 Å². The van der Waals surface area contributed by atoms with Gasteiger partial charge in [-0.05, 0) is 42.7 Å². The van der Waals surface area contributed by atoms with Crippen LogP contribution in [0.25, 0.3) is 0 Å². The number of Topliss-reactive ketones (excluding diaryl/α,β-unsaturated/α-hetero) is 1. The Labute approximate surface area is 178 Å². The number of aliphatic carboxylic acids is 1. The Bertz CT molecular complexity index is 902. The van der Waals surface area contributed by atoms with Crippen LogP contribution < -0.4 is 4.90 Å². The highest BCUT2D eigenvalue weighted by Crippen LogP contribution is 2.71. The van der Waals surface area contributed by atoms with Gasteiger partial charge in [-0.25, -0.2) is 0 Å². The lowest BCUT2D eigenvalue weighted by atomic mass is 9.66. The van der Waals surface area contributed by atoms with Crippen molar-refractivity contribution >= 4 is 23.3 Å². The molecular formula is C24H32N2O4. The van der Waals surface area contributed by atoms with Crippen LogP contribution >= 0.6 is 0 Å². The van der Waals surface area contributed by atoms with Gasteiger partial charge in [0.2, 0.25) is 5.91 Å². The Hall–Kier alpha value is -2.37. The highest BCUT2D eigenvalue weighted by molar-refractivity contribution is 6.13. The van der Waals surface area contributed by atoms with E-state index < -0.39 is 23.2 Å². The lowest BCUT2D eigenvalue weighted by Crippen LogP contribution is -2.58. The number of carboxylic acid groups (broad SMARTS) is 1. The third-order valence-corrected chi connectivity index (χ3v) is 8.56. The van der Waals surface area contributed by atoms with Crippen LogP contribution in [0.4, 0.5) is 5.69 Å². The maximum Gasteiger partial charge on any atom is 0.304 e. The largest absolute Gasteiger partial charge is 0.481 e. The summed E-state index contributed by atoms with van der Waals surface area (Å²) in [7, 11) is 0. The van der Waals surface area contributed by atoms with E-state index in [4.69, 9.17) is 0 Å². The Morgan fingerprint density at radius 2 is 1.73 bits per heavy atom. The molecule has 6 heteroatoms. The zero-order valence-corrected chi connectivity index (χ0v) is 18.4. The van der Waals surface area contributed by atoms with Crippen LogP contribution in [-0.2, 0) is 14.4 Å². The molecule has 1 N–H and O–H groups in total. The van der Waals surface area contributed by atoms with Crippen molar-refractivity contribution < 1.29 is 19.5 Å². The van der Waals surface area contributed by atoms with Crippen LogP contribution in [0, 0.1) is 29.1 Å². The first-order chi connectivity index (χ1) is 14.1. The third-order valence-electron chi connectivity index (χ3n) is 8.56. The number of nitrogens with zero attached hydrogens (tertiary/aromatic N) is 2. The van der Waals surface area contributed by atoms with E-state index in [0.29, 0.717) is 26.2 Å². The molecule has 1 amide bonds. The van der Waals surface area contributed by atoms with E-state index in [1.54, 1.807) is 4.90 Å². The number of hydrogen-bond donors (Lipinski definition) is 1. The minimum Gasteiger partial charge on any atom is -0.481 e. The summed E-state index contributed by atoms with van der Waals surface area (Å²) in [6, 6.07) is 8.18. The maximum absolute atomic E-state index is 13.8. The van der Waals surface area contributed by atoms with Crippen molar-refractivity contribution in [2.45, 2.75) is 47.0 Å². The van der Waals surface area contributed by atoms with Crippen LogP contribution in [0.2, 0.25) is 0 Å². The monoisotopic (exact) mass is 412 g/mol. The molecule has 1 aliphatic heterocycles. The number of hydrogen-bond acceptors (Lipinski definition) is 4. The van der Waals surface area contributed by atoms with Crippen molar-refractivity contribution in [2.24, 2.45) is 22.2 Å². The molecule has 1 aromatic carbocycles. The number of aryl methyl sites for hydroxylation is 1. The van der Waals surface area contributed by atoms with Crippen LogP contribution in [0.1, 0.15) is 45.6 Å². The van der Waals surface area contributed by atoms with Crippen LogP contribution in [0.3, 0.4) is 0 Å². The molecule has 1 aromatic rings. The summed E-state index contributed by atoms with van der Waals surface area (Å²) in [5.41, 5.74) is -0.0797. The molecule has 1 heterocycles. The predicted molar refractivity (Wildman–Crippen MR) is 114 cm³/mol. The number of carbonyl (C=O) groups is 3. The minimum atomic E-state index is -1.42. The zero-order chi connectivity index (χ0) is 21.9. The molecule has 2 aliphatic carbocycles. The quantitative estimate of drug-likeness (QED) is 0.769. The van der Waals surface area contributed by atoms with Gasteiger partial charge < -0.3 is 14.9 Å². The predicted octanol–water partition coefficient (Wildman–Crippen LogP) is 3.13. The van der Waals surface area contributed by atoms with Gasteiger partial charge in [-0.3, -0.25) is 14.4 Å². The SMILES string of the molecule is Cc1ccccc1N1CCN(C(=O)C2(CC(=O)O)C(=O)[C@]3(C)CCC2C3(C)C)CC1. The molecule has 0 spiro atoms. The molecule has 0 radical (unpaired) electrons. The number of carbonyl (C=O) groups excluding carboxylic acids is 2. The van der Waals surface area contributed by atoms with Gasteiger partial charge in [-0.15, -0.1) is 0 Å². The van der Waals surface area contributed by atoms with Gasteiger partial charge in [0.1, 0.15) is 5.41 Å². The van der Waals surface area contributed by atoms with Crippen molar-refractivity contribution in [3.8, 4) is 0 Å². The van der Waals surface area contributed by atoms with Gasteiger partial charge in [-0.2, -0.15) is 0 Å². The van der Waals surface area contributed by atoms with E-state index in [2.05, 4.69) is 24.0 Å². The van der Waals surface area contributed by atoms with Crippen LogP contribution in [0.5, 0.6) is 0 Å². The molecule has 6 nitrogen and oxygen atoms in total. The van der Waals surface area contributed by atoms with Gasteiger partial charge in [0, 0.05) is 37.3 Å². The maximum atomic E-state index is 13.8. The Morgan fingerprint density at radius 1 is 1.10 bits per heavy atom. The number of ketones is 1. The Kier molecular flexibility index (Phi) is 4.75. The first-order valence-corrected chi connectivity index (χ1v) is 10.9. The van der Waals surface area contributed by atoms with E-state index in [1.807, 2.05) is 32.9 Å². The molecule has 2 bridgehead atoms. The molecule has 3 fully saturated rings. The summed E-state index contributed by atoms with van der Waals surface area (Å²) in [5, 5.41) is 9.68. The molecule has 4 rings (SSSR count). The molecule has 162 valence electrons. The van der Waals surface area contributed by atoms with Crippen molar-refractivity contribution in [3.05, 3.63) is 29.8 Å². The fourth-order valence-electron chi connectivity index (χ4n) is 6.53. The first kappa shape index (κ1) is 20.9.